The fourth-order valence-electron chi connectivity index (χ4n) is 4.16. The van der Waals surface area contributed by atoms with Gasteiger partial charge in [0.05, 0.1) is 15.0 Å². The van der Waals surface area contributed by atoms with Gasteiger partial charge in [0, 0.05) is 0 Å². The van der Waals surface area contributed by atoms with Gasteiger partial charge in [0.25, 0.3) is 0 Å². The summed E-state index contributed by atoms with van der Waals surface area (Å²) < 4.78 is 5.37. The van der Waals surface area contributed by atoms with E-state index in [4.69, 9.17) is 4.74 Å². The number of aryl methyl sites for hydroxylation is 1. The first-order chi connectivity index (χ1) is 17.5. The van der Waals surface area contributed by atoms with Crippen LogP contribution in [-0.2, 0) is 0 Å². The molecule has 0 saturated heterocycles. The molecule has 0 heterocycles. The number of hydrogen-bond acceptors (Lipinski definition) is 1. The van der Waals surface area contributed by atoms with Gasteiger partial charge in [-0.15, -0.1) is 0 Å². The molecular formula is C34H38BrOP. The minimum Gasteiger partial charge on any atom is -1.00 e. The van der Waals surface area contributed by atoms with Crippen molar-refractivity contribution in [2.24, 2.45) is 0 Å². The van der Waals surface area contributed by atoms with Crippen molar-refractivity contribution >= 4 is 29.9 Å². The van der Waals surface area contributed by atoms with Crippen LogP contribution in [-0.4, -0.2) is 7.11 Å². The van der Waals surface area contributed by atoms with Crippen LogP contribution in [0.2, 0.25) is 0 Å². The Balaban J connectivity index is 0.000000255. The Labute approximate surface area is 235 Å². The highest BCUT2D eigenvalue weighted by Gasteiger charge is 2.24. The Morgan fingerprint density at radius 1 is 0.703 bits per heavy atom. The lowest BCUT2D eigenvalue weighted by Gasteiger charge is -2.13. The molecule has 0 unspecified atom stereocenters. The highest BCUT2D eigenvalue weighted by atomic mass is 79.9. The SMILES string of the molecule is CC=C(C)C=Cc1c(C)cc(OC)c(C)c1C.[Br-].c1ccc([PH+](c2ccccc2)c2ccccc2)cc1. The van der Waals surface area contributed by atoms with E-state index < -0.39 is 7.92 Å². The summed E-state index contributed by atoms with van der Waals surface area (Å²) in [6.45, 7) is 10.5. The molecule has 0 bridgehead atoms. The summed E-state index contributed by atoms with van der Waals surface area (Å²) in [5, 5.41) is 4.31. The van der Waals surface area contributed by atoms with Gasteiger partial charge < -0.3 is 21.7 Å². The third kappa shape index (κ3) is 8.29. The fraction of sp³-hybridized carbons (Fsp3) is 0.176. The summed E-state index contributed by atoms with van der Waals surface area (Å²) >= 11 is 0. The van der Waals surface area contributed by atoms with Crippen molar-refractivity contribution in [2.45, 2.75) is 34.6 Å². The molecule has 4 aromatic carbocycles. The van der Waals surface area contributed by atoms with Crippen LogP contribution in [0.25, 0.3) is 6.08 Å². The topological polar surface area (TPSA) is 9.23 Å². The molecule has 0 aliphatic rings. The second kappa shape index (κ2) is 15.4. The first kappa shape index (κ1) is 30.3. The fourth-order valence-corrected chi connectivity index (χ4v) is 6.74. The van der Waals surface area contributed by atoms with E-state index in [-0.39, 0.29) is 17.0 Å². The molecule has 1 nitrogen and oxygen atoms in total. The first-order valence-electron chi connectivity index (χ1n) is 12.4. The maximum absolute atomic E-state index is 5.37. The lowest BCUT2D eigenvalue weighted by Crippen LogP contribution is -3.00. The number of allylic oxidation sites excluding steroid dienone is 3. The van der Waals surface area contributed by atoms with Crippen molar-refractivity contribution in [3.05, 3.63) is 137 Å². The maximum atomic E-state index is 5.37. The second-order valence-electron chi connectivity index (χ2n) is 8.90. The zero-order valence-corrected chi connectivity index (χ0v) is 25.3. The molecular weight excluding hydrogens is 535 g/mol. The smallest absolute Gasteiger partial charge is 0.122 e. The van der Waals surface area contributed by atoms with Crippen molar-refractivity contribution in [3.63, 3.8) is 0 Å². The minimum atomic E-state index is -0.877. The highest BCUT2D eigenvalue weighted by molar-refractivity contribution is 7.79. The Morgan fingerprint density at radius 2 is 1.14 bits per heavy atom. The van der Waals surface area contributed by atoms with E-state index in [0.717, 1.165) is 5.75 Å². The van der Waals surface area contributed by atoms with Crippen molar-refractivity contribution in [1.82, 2.24) is 0 Å². The van der Waals surface area contributed by atoms with Crippen LogP contribution in [0.15, 0.2) is 115 Å². The molecule has 0 amide bonds. The average Bonchev–Trinajstić information content (AvgIpc) is 2.93. The second-order valence-corrected chi connectivity index (χ2v) is 11.4. The zero-order valence-electron chi connectivity index (χ0n) is 22.8. The maximum Gasteiger partial charge on any atom is 0.122 e. The highest BCUT2D eigenvalue weighted by Crippen LogP contribution is 2.32. The lowest BCUT2D eigenvalue weighted by atomic mass is 9.96. The molecule has 0 spiro atoms. The van der Waals surface area contributed by atoms with Crippen LogP contribution in [0, 0.1) is 20.8 Å². The van der Waals surface area contributed by atoms with E-state index in [2.05, 4.69) is 150 Å². The summed E-state index contributed by atoms with van der Waals surface area (Å²) in [5.74, 6) is 0.972. The van der Waals surface area contributed by atoms with E-state index in [0.29, 0.717) is 0 Å². The van der Waals surface area contributed by atoms with Crippen LogP contribution >= 0.6 is 7.92 Å². The molecule has 0 aliphatic heterocycles. The van der Waals surface area contributed by atoms with E-state index in [1.807, 2.05) is 0 Å². The van der Waals surface area contributed by atoms with Gasteiger partial charge in [-0.3, -0.25) is 0 Å². The van der Waals surface area contributed by atoms with E-state index in [1.165, 1.54) is 43.7 Å². The third-order valence-electron chi connectivity index (χ3n) is 6.48. The van der Waals surface area contributed by atoms with Gasteiger partial charge in [0.15, 0.2) is 0 Å². The molecule has 0 atom stereocenters. The summed E-state index contributed by atoms with van der Waals surface area (Å²) in [5.41, 5.74) is 6.34. The van der Waals surface area contributed by atoms with Crippen LogP contribution < -0.4 is 37.6 Å². The van der Waals surface area contributed by atoms with Crippen LogP contribution in [0.3, 0.4) is 0 Å². The van der Waals surface area contributed by atoms with Crippen LogP contribution in [0.4, 0.5) is 0 Å². The Bertz CT molecular complexity index is 1200. The Morgan fingerprint density at radius 3 is 1.51 bits per heavy atom. The third-order valence-corrected chi connectivity index (χ3v) is 9.22. The normalized spacial score (nSPS) is 11.1. The van der Waals surface area contributed by atoms with E-state index in [1.54, 1.807) is 7.11 Å². The van der Waals surface area contributed by atoms with Crippen LogP contribution in [0.5, 0.6) is 5.75 Å². The molecule has 0 fully saturated rings. The van der Waals surface area contributed by atoms with Crippen molar-refractivity contribution in [3.8, 4) is 5.75 Å². The molecule has 192 valence electrons. The van der Waals surface area contributed by atoms with Gasteiger partial charge in [0.1, 0.15) is 21.7 Å². The van der Waals surface area contributed by atoms with Gasteiger partial charge in [-0.1, -0.05) is 78.4 Å². The minimum absolute atomic E-state index is 0. The number of methoxy groups -OCH3 is 1. The number of rotatable bonds is 6. The van der Waals surface area contributed by atoms with Crippen molar-refractivity contribution < 1.29 is 21.7 Å². The molecule has 0 saturated carbocycles. The quantitative estimate of drug-likeness (QED) is 0.239. The van der Waals surface area contributed by atoms with Gasteiger partial charge in [0.2, 0.25) is 0 Å². The predicted octanol–water partition coefficient (Wildman–Crippen LogP) is 4.78. The van der Waals surface area contributed by atoms with Gasteiger partial charge in [-0.2, -0.15) is 0 Å². The van der Waals surface area contributed by atoms with Crippen molar-refractivity contribution in [1.29, 1.82) is 0 Å². The predicted molar refractivity (Wildman–Crippen MR) is 162 cm³/mol. The van der Waals surface area contributed by atoms with E-state index >= 15 is 0 Å². The lowest BCUT2D eigenvalue weighted by molar-refractivity contribution is -0.00000763. The molecule has 37 heavy (non-hydrogen) atoms. The number of benzene rings is 4. The molecule has 0 aliphatic carbocycles. The zero-order chi connectivity index (χ0) is 25.9. The standard InChI is InChI=1S/C18H15P.C16H22O.BrH/c1-4-10-16(11-5-1)19(17-12-6-2-7-13-17)18-14-8-3-9-15-18;1-7-11(2)8-9-15-12(3)10-16(17-6)14(5)13(15)4;/h1-15H;7-10H,1-6H3;1H. The monoisotopic (exact) mass is 572 g/mol. The average molecular weight is 574 g/mol. The number of ether oxygens (including phenoxy) is 1. The summed E-state index contributed by atoms with van der Waals surface area (Å²) in [4.78, 5) is 0. The number of hydrogen-bond donors (Lipinski definition) is 0. The van der Waals surface area contributed by atoms with E-state index in [9.17, 15) is 0 Å². The molecule has 4 aromatic rings. The Kier molecular flexibility index (Phi) is 12.6. The van der Waals surface area contributed by atoms with Gasteiger partial charge in [-0.05, 0) is 99.3 Å². The molecule has 4 rings (SSSR count). The molecule has 3 heteroatoms. The Hall–Kier alpha value is -2.93. The van der Waals surface area contributed by atoms with Crippen LogP contribution in [0.1, 0.15) is 36.1 Å². The number of halogens is 1. The van der Waals surface area contributed by atoms with Crippen molar-refractivity contribution in [2.75, 3.05) is 7.11 Å². The summed E-state index contributed by atoms with van der Waals surface area (Å²) in [7, 11) is 0.846. The van der Waals surface area contributed by atoms with Gasteiger partial charge in [-0.25, -0.2) is 0 Å². The summed E-state index contributed by atoms with van der Waals surface area (Å²) in [6.07, 6.45) is 6.45. The molecule has 0 aromatic heterocycles. The summed E-state index contributed by atoms with van der Waals surface area (Å²) in [6, 6.07) is 34.6. The largest absolute Gasteiger partial charge is 1.00 e. The first-order valence-corrected chi connectivity index (χ1v) is 13.9. The molecule has 0 radical (unpaired) electrons. The van der Waals surface area contributed by atoms with Gasteiger partial charge >= 0.3 is 0 Å². The molecule has 0 N–H and O–H groups in total.